The van der Waals surface area contributed by atoms with Gasteiger partial charge in [-0.15, -0.1) is 0 Å². The summed E-state index contributed by atoms with van der Waals surface area (Å²) in [6, 6.07) is 1.29. The molecular formula is C11H19N3O3. The fourth-order valence-corrected chi connectivity index (χ4v) is 1.16. The van der Waals surface area contributed by atoms with E-state index in [1.165, 1.54) is 6.26 Å². The van der Waals surface area contributed by atoms with Crippen LogP contribution in [0.15, 0.2) is 16.9 Å². The Bertz CT molecular complexity index is 301. The second kappa shape index (κ2) is 8.58. The number of urea groups is 1. The molecule has 0 saturated carbocycles. The lowest BCUT2D eigenvalue weighted by Crippen LogP contribution is -2.30. The second-order valence-corrected chi connectivity index (χ2v) is 3.59. The summed E-state index contributed by atoms with van der Waals surface area (Å²) in [4.78, 5) is 11.3. The third kappa shape index (κ3) is 6.57. The summed E-state index contributed by atoms with van der Waals surface area (Å²) in [5.41, 5.74) is 0. The zero-order chi connectivity index (χ0) is 12.3. The van der Waals surface area contributed by atoms with Crippen LogP contribution in [-0.4, -0.2) is 30.9 Å². The zero-order valence-electron chi connectivity index (χ0n) is 10.1. The Morgan fingerprint density at radius 2 is 2.29 bits per heavy atom. The minimum absolute atomic E-state index is 0.285. The molecule has 0 aromatic carbocycles. The SMILES string of the molecule is CCCCOCCCNC(=O)Nc1ccon1. The van der Waals surface area contributed by atoms with Crippen molar-refractivity contribution in [2.45, 2.75) is 26.2 Å². The first-order valence-electron chi connectivity index (χ1n) is 5.86. The summed E-state index contributed by atoms with van der Waals surface area (Å²) < 4.78 is 9.95. The first-order valence-corrected chi connectivity index (χ1v) is 5.86. The van der Waals surface area contributed by atoms with Crippen molar-refractivity contribution in [2.24, 2.45) is 0 Å². The van der Waals surface area contributed by atoms with E-state index in [-0.39, 0.29) is 6.03 Å². The Morgan fingerprint density at radius 1 is 1.47 bits per heavy atom. The van der Waals surface area contributed by atoms with Crippen LogP contribution in [-0.2, 0) is 4.74 Å². The molecule has 0 radical (unpaired) electrons. The Labute approximate surface area is 101 Å². The van der Waals surface area contributed by atoms with Gasteiger partial charge in [0, 0.05) is 25.8 Å². The van der Waals surface area contributed by atoms with E-state index in [2.05, 4.69) is 27.2 Å². The molecule has 6 nitrogen and oxygen atoms in total. The first-order chi connectivity index (χ1) is 8.33. The second-order valence-electron chi connectivity index (χ2n) is 3.59. The summed E-state index contributed by atoms with van der Waals surface area (Å²) in [7, 11) is 0. The fraction of sp³-hybridized carbons (Fsp3) is 0.636. The number of aromatic nitrogens is 1. The van der Waals surface area contributed by atoms with Crippen LogP contribution < -0.4 is 10.6 Å². The van der Waals surface area contributed by atoms with E-state index in [0.29, 0.717) is 19.0 Å². The average molecular weight is 241 g/mol. The van der Waals surface area contributed by atoms with Gasteiger partial charge in [-0.3, -0.25) is 5.32 Å². The number of carbonyl (C=O) groups excluding carboxylic acids is 1. The minimum atomic E-state index is -0.285. The van der Waals surface area contributed by atoms with Crippen LogP contribution in [0.2, 0.25) is 0 Å². The smallest absolute Gasteiger partial charge is 0.320 e. The van der Waals surface area contributed by atoms with Crippen LogP contribution in [0.1, 0.15) is 26.2 Å². The van der Waals surface area contributed by atoms with Gasteiger partial charge in [0.05, 0.1) is 0 Å². The van der Waals surface area contributed by atoms with E-state index >= 15 is 0 Å². The van der Waals surface area contributed by atoms with E-state index < -0.39 is 0 Å². The first kappa shape index (κ1) is 13.5. The van der Waals surface area contributed by atoms with E-state index in [9.17, 15) is 4.79 Å². The van der Waals surface area contributed by atoms with Gasteiger partial charge >= 0.3 is 6.03 Å². The van der Waals surface area contributed by atoms with Gasteiger partial charge in [0.2, 0.25) is 0 Å². The predicted molar refractivity (Wildman–Crippen MR) is 63.9 cm³/mol. The molecular weight excluding hydrogens is 222 g/mol. The Hall–Kier alpha value is -1.56. The zero-order valence-corrected chi connectivity index (χ0v) is 10.1. The third-order valence-electron chi connectivity index (χ3n) is 2.07. The van der Waals surface area contributed by atoms with E-state index in [1.54, 1.807) is 6.07 Å². The molecule has 0 unspecified atom stereocenters. The summed E-state index contributed by atoms with van der Waals surface area (Å²) >= 11 is 0. The van der Waals surface area contributed by atoms with Crippen LogP contribution in [0.3, 0.4) is 0 Å². The molecule has 0 aliphatic heterocycles. The maximum atomic E-state index is 11.3. The molecule has 17 heavy (non-hydrogen) atoms. The van der Waals surface area contributed by atoms with Crippen molar-refractivity contribution in [3.8, 4) is 0 Å². The Balaban J connectivity index is 1.94. The van der Waals surface area contributed by atoms with Crippen molar-refractivity contribution >= 4 is 11.8 Å². The number of unbranched alkanes of at least 4 members (excludes halogenated alkanes) is 1. The Morgan fingerprint density at radius 3 is 3.00 bits per heavy atom. The van der Waals surface area contributed by atoms with E-state index in [1.807, 2.05) is 0 Å². The highest BCUT2D eigenvalue weighted by molar-refractivity contribution is 5.87. The molecule has 1 heterocycles. The molecule has 0 fully saturated rings. The minimum Gasteiger partial charge on any atom is -0.381 e. The van der Waals surface area contributed by atoms with Gasteiger partial charge in [-0.25, -0.2) is 4.79 Å². The lowest BCUT2D eigenvalue weighted by atomic mass is 10.4. The quantitative estimate of drug-likeness (QED) is 0.682. The number of anilines is 1. The lowest BCUT2D eigenvalue weighted by Gasteiger charge is -2.05. The molecule has 2 N–H and O–H groups in total. The number of rotatable bonds is 8. The van der Waals surface area contributed by atoms with Crippen LogP contribution in [0.25, 0.3) is 0 Å². The largest absolute Gasteiger partial charge is 0.381 e. The van der Waals surface area contributed by atoms with Gasteiger partial charge in [-0.2, -0.15) is 0 Å². The topological polar surface area (TPSA) is 76.4 Å². The summed E-state index contributed by atoms with van der Waals surface area (Å²) in [5.74, 6) is 0.404. The number of amides is 2. The van der Waals surface area contributed by atoms with Gasteiger partial charge in [0.15, 0.2) is 5.82 Å². The average Bonchev–Trinajstić information content (AvgIpc) is 2.80. The molecule has 1 aromatic rings. The van der Waals surface area contributed by atoms with Crippen molar-refractivity contribution in [2.75, 3.05) is 25.1 Å². The highest BCUT2D eigenvalue weighted by atomic mass is 16.5. The normalized spacial score (nSPS) is 10.2. The molecule has 1 rings (SSSR count). The van der Waals surface area contributed by atoms with Gasteiger partial charge in [-0.1, -0.05) is 18.5 Å². The number of ether oxygens (including phenoxy) is 1. The van der Waals surface area contributed by atoms with Gasteiger partial charge < -0.3 is 14.6 Å². The molecule has 2 amide bonds. The molecule has 0 atom stereocenters. The van der Waals surface area contributed by atoms with E-state index in [0.717, 1.165) is 25.9 Å². The van der Waals surface area contributed by atoms with Crippen LogP contribution in [0.4, 0.5) is 10.6 Å². The molecule has 1 aromatic heterocycles. The van der Waals surface area contributed by atoms with Crippen LogP contribution >= 0.6 is 0 Å². The monoisotopic (exact) mass is 241 g/mol. The standard InChI is InChI=1S/C11H19N3O3/c1-2-3-7-16-8-4-6-12-11(15)13-10-5-9-17-14-10/h5,9H,2-4,6-8H2,1H3,(H2,12,13,14,15). The van der Waals surface area contributed by atoms with Crippen molar-refractivity contribution in [3.05, 3.63) is 12.3 Å². The maximum Gasteiger partial charge on any atom is 0.320 e. The van der Waals surface area contributed by atoms with Crippen molar-refractivity contribution in [1.82, 2.24) is 10.5 Å². The number of carbonyl (C=O) groups is 1. The number of hydrogen-bond acceptors (Lipinski definition) is 4. The summed E-state index contributed by atoms with van der Waals surface area (Å²) in [6.45, 7) is 4.17. The van der Waals surface area contributed by atoms with Gasteiger partial charge in [-0.05, 0) is 12.8 Å². The van der Waals surface area contributed by atoms with Crippen molar-refractivity contribution in [1.29, 1.82) is 0 Å². The molecule has 0 saturated heterocycles. The van der Waals surface area contributed by atoms with Crippen molar-refractivity contribution in [3.63, 3.8) is 0 Å². The summed E-state index contributed by atoms with van der Waals surface area (Å²) in [5, 5.41) is 8.80. The van der Waals surface area contributed by atoms with Gasteiger partial charge in [0.25, 0.3) is 0 Å². The number of nitrogens with one attached hydrogen (secondary N) is 2. The highest BCUT2D eigenvalue weighted by Crippen LogP contribution is 1.99. The summed E-state index contributed by atoms with van der Waals surface area (Å²) in [6.07, 6.45) is 4.42. The molecule has 0 aliphatic carbocycles. The molecule has 0 aliphatic rings. The predicted octanol–water partition coefficient (Wildman–Crippen LogP) is 2.00. The fourth-order valence-electron chi connectivity index (χ4n) is 1.16. The molecule has 6 heteroatoms. The third-order valence-corrected chi connectivity index (χ3v) is 2.07. The lowest BCUT2D eigenvalue weighted by molar-refractivity contribution is 0.129. The Kier molecular flexibility index (Phi) is 6.81. The number of hydrogen-bond donors (Lipinski definition) is 2. The van der Waals surface area contributed by atoms with Crippen molar-refractivity contribution < 1.29 is 14.1 Å². The molecule has 96 valence electrons. The molecule has 0 bridgehead atoms. The van der Waals surface area contributed by atoms with Gasteiger partial charge in [0.1, 0.15) is 6.26 Å². The number of nitrogens with zero attached hydrogens (tertiary/aromatic N) is 1. The molecule has 0 spiro atoms. The maximum absolute atomic E-state index is 11.3. The van der Waals surface area contributed by atoms with Crippen LogP contribution in [0.5, 0.6) is 0 Å². The van der Waals surface area contributed by atoms with Crippen LogP contribution in [0, 0.1) is 0 Å². The highest BCUT2D eigenvalue weighted by Gasteiger charge is 2.02. The van der Waals surface area contributed by atoms with E-state index in [4.69, 9.17) is 4.74 Å².